The Balaban J connectivity index is 2.06. The molecule has 2 rings (SSSR count). The number of hydrogen-bond acceptors (Lipinski definition) is 3. The van der Waals surface area contributed by atoms with Crippen molar-refractivity contribution in [1.82, 2.24) is 5.32 Å². The Bertz CT molecular complexity index is 464. The predicted molar refractivity (Wildman–Crippen MR) is 76.6 cm³/mol. The van der Waals surface area contributed by atoms with Gasteiger partial charge in [-0.05, 0) is 49.4 Å². The summed E-state index contributed by atoms with van der Waals surface area (Å²) in [4.78, 5) is 11.0. The van der Waals surface area contributed by atoms with E-state index in [-0.39, 0.29) is 6.04 Å². The lowest BCUT2D eigenvalue weighted by atomic mass is 9.94. The molecule has 0 bridgehead atoms. The summed E-state index contributed by atoms with van der Waals surface area (Å²) in [6, 6.07) is 5.66. The maximum absolute atomic E-state index is 11.0. The first-order chi connectivity index (χ1) is 9.10. The second kappa shape index (κ2) is 6.39. The highest BCUT2D eigenvalue weighted by atomic mass is 79.9. The summed E-state index contributed by atoms with van der Waals surface area (Å²) in [7, 11) is 1.65. The topological polar surface area (TPSA) is 58.6 Å². The number of piperidine rings is 1. The zero-order valence-corrected chi connectivity index (χ0v) is 12.4. The van der Waals surface area contributed by atoms with E-state index in [0.717, 1.165) is 35.0 Å². The van der Waals surface area contributed by atoms with E-state index in [1.165, 1.54) is 0 Å². The van der Waals surface area contributed by atoms with Gasteiger partial charge in [-0.25, -0.2) is 0 Å². The van der Waals surface area contributed by atoms with Crippen molar-refractivity contribution >= 4 is 21.9 Å². The van der Waals surface area contributed by atoms with Gasteiger partial charge in [0.25, 0.3) is 0 Å². The maximum atomic E-state index is 11.0. The number of benzene rings is 1. The van der Waals surface area contributed by atoms with Gasteiger partial charge in [-0.3, -0.25) is 4.79 Å². The van der Waals surface area contributed by atoms with E-state index in [4.69, 9.17) is 9.84 Å². The third-order valence-electron chi connectivity index (χ3n) is 3.50. The summed E-state index contributed by atoms with van der Waals surface area (Å²) >= 11 is 3.53. The molecule has 2 unspecified atom stereocenters. The first-order valence-electron chi connectivity index (χ1n) is 6.41. The molecule has 2 N–H and O–H groups in total. The van der Waals surface area contributed by atoms with Gasteiger partial charge < -0.3 is 15.2 Å². The average Bonchev–Trinajstić information content (AvgIpc) is 2.41. The molecule has 2 atom stereocenters. The Morgan fingerprint density at radius 2 is 2.32 bits per heavy atom. The highest BCUT2D eigenvalue weighted by molar-refractivity contribution is 9.10. The summed E-state index contributed by atoms with van der Waals surface area (Å²) < 4.78 is 6.26. The molecule has 104 valence electrons. The van der Waals surface area contributed by atoms with Crippen molar-refractivity contribution in [3.63, 3.8) is 0 Å². The molecule has 0 amide bonds. The molecule has 5 heteroatoms. The van der Waals surface area contributed by atoms with Gasteiger partial charge in [0.1, 0.15) is 11.8 Å². The molecule has 1 fully saturated rings. The highest BCUT2D eigenvalue weighted by Crippen LogP contribution is 2.25. The summed E-state index contributed by atoms with van der Waals surface area (Å²) in [5, 5.41) is 12.3. The Morgan fingerprint density at radius 1 is 1.53 bits per heavy atom. The lowest BCUT2D eigenvalue weighted by Crippen LogP contribution is -2.47. The lowest BCUT2D eigenvalue weighted by Gasteiger charge is -2.29. The fourth-order valence-corrected chi connectivity index (χ4v) is 2.88. The van der Waals surface area contributed by atoms with Gasteiger partial charge in [0.05, 0.1) is 7.11 Å². The van der Waals surface area contributed by atoms with Gasteiger partial charge in [-0.1, -0.05) is 15.9 Å². The van der Waals surface area contributed by atoms with Crippen molar-refractivity contribution in [3.05, 3.63) is 28.2 Å². The largest absolute Gasteiger partial charge is 0.497 e. The van der Waals surface area contributed by atoms with E-state index in [1.54, 1.807) is 7.11 Å². The molecular formula is C14H18BrNO3. The van der Waals surface area contributed by atoms with Gasteiger partial charge in [-0.2, -0.15) is 0 Å². The average molecular weight is 328 g/mol. The number of carboxylic acid groups (broad SMARTS) is 1. The molecule has 0 spiro atoms. The van der Waals surface area contributed by atoms with Crippen LogP contribution in [0.2, 0.25) is 0 Å². The molecular weight excluding hydrogens is 310 g/mol. The van der Waals surface area contributed by atoms with E-state index in [9.17, 15) is 4.79 Å². The number of carboxylic acids is 1. The number of halogens is 1. The van der Waals surface area contributed by atoms with Gasteiger partial charge in [0, 0.05) is 10.5 Å². The van der Waals surface area contributed by atoms with Crippen LogP contribution in [0.5, 0.6) is 5.75 Å². The lowest BCUT2D eigenvalue weighted by molar-refractivity contribution is -0.140. The number of nitrogens with one attached hydrogen (secondary N) is 1. The van der Waals surface area contributed by atoms with Crippen molar-refractivity contribution in [3.8, 4) is 5.75 Å². The molecule has 0 radical (unpaired) electrons. The molecule has 1 heterocycles. The van der Waals surface area contributed by atoms with Gasteiger partial charge in [-0.15, -0.1) is 0 Å². The van der Waals surface area contributed by atoms with Crippen LogP contribution in [0.3, 0.4) is 0 Å². The highest BCUT2D eigenvalue weighted by Gasteiger charge is 2.26. The molecule has 1 aliphatic heterocycles. The second-order valence-electron chi connectivity index (χ2n) is 4.85. The zero-order chi connectivity index (χ0) is 13.8. The minimum atomic E-state index is -0.755. The summed E-state index contributed by atoms with van der Waals surface area (Å²) in [6.07, 6.45) is 3.48. The Morgan fingerprint density at radius 3 is 3.00 bits per heavy atom. The molecule has 4 nitrogen and oxygen atoms in total. The fourth-order valence-electron chi connectivity index (χ4n) is 2.48. The third-order valence-corrected chi connectivity index (χ3v) is 4.27. The number of aliphatic carboxylic acids is 1. The molecule has 1 aromatic rings. The van der Waals surface area contributed by atoms with Crippen molar-refractivity contribution < 1.29 is 14.6 Å². The number of ether oxygens (including phenoxy) is 1. The Labute approximate surface area is 121 Å². The van der Waals surface area contributed by atoms with Crippen molar-refractivity contribution in [2.45, 2.75) is 37.8 Å². The van der Waals surface area contributed by atoms with E-state index < -0.39 is 12.0 Å². The van der Waals surface area contributed by atoms with Crippen LogP contribution >= 0.6 is 15.9 Å². The van der Waals surface area contributed by atoms with E-state index in [0.29, 0.717) is 6.42 Å². The normalized spacial score (nSPS) is 23.1. The predicted octanol–water partition coefficient (Wildman–Crippen LogP) is 2.60. The molecule has 1 aliphatic rings. The van der Waals surface area contributed by atoms with Crippen LogP contribution in [0, 0.1) is 0 Å². The van der Waals surface area contributed by atoms with Crippen LogP contribution in [-0.4, -0.2) is 30.3 Å². The smallest absolute Gasteiger partial charge is 0.320 e. The van der Waals surface area contributed by atoms with E-state index in [1.807, 2.05) is 18.2 Å². The van der Waals surface area contributed by atoms with E-state index in [2.05, 4.69) is 21.2 Å². The molecule has 0 saturated carbocycles. The van der Waals surface area contributed by atoms with Crippen LogP contribution in [0.15, 0.2) is 22.7 Å². The number of rotatable bonds is 4. The van der Waals surface area contributed by atoms with Crippen LogP contribution < -0.4 is 10.1 Å². The quantitative estimate of drug-likeness (QED) is 0.892. The van der Waals surface area contributed by atoms with Gasteiger partial charge >= 0.3 is 5.97 Å². The van der Waals surface area contributed by atoms with Gasteiger partial charge in [0.15, 0.2) is 0 Å². The molecule has 1 saturated heterocycles. The Hall–Kier alpha value is -1.07. The monoisotopic (exact) mass is 327 g/mol. The maximum Gasteiger partial charge on any atom is 0.320 e. The zero-order valence-electron chi connectivity index (χ0n) is 10.9. The van der Waals surface area contributed by atoms with Crippen LogP contribution in [-0.2, 0) is 11.2 Å². The SMILES string of the molecule is COc1ccc(Br)c(CC2CCCC(C(=O)O)N2)c1. The van der Waals surface area contributed by atoms with Crippen molar-refractivity contribution in [1.29, 1.82) is 0 Å². The number of hydrogen-bond donors (Lipinski definition) is 2. The number of methoxy groups -OCH3 is 1. The second-order valence-corrected chi connectivity index (χ2v) is 5.70. The first-order valence-corrected chi connectivity index (χ1v) is 7.20. The standard InChI is InChI=1S/C14H18BrNO3/c1-19-11-5-6-12(15)9(8-11)7-10-3-2-4-13(16-10)14(17)18/h5-6,8,10,13,16H,2-4,7H2,1H3,(H,17,18). The molecule has 0 aliphatic carbocycles. The van der Waals surface area contributed by atoms with E-state index >= 15 is 0 Å². The minimum Gasteiger partial charge on any atom is -0.497 e. The minimum absolute atomic E-state index is 0.207. The third kappa shape index (κ3) is 3.70. The number of carbonyl (C=O) groups is 1. The molecule has 1 aromatic carbocycles. The summed E-state index contributed by atoms with van der Waals surface area (Å²) in [5.41, 5.74) is 1.14. The fraction of sp³-hybridized carbons (Fsp3) is 0.500. The van der Waals surface area contributed by atoms with Crippen molar-refractivity contribution in [2.24, 2.45) is 0 Å². The van der Waals surface area contributed by atoms with Crippen LogP contribution in [0.25, 0.3) is 0 Å². The van der Waals surface area contributed by atoms with Crippen LogP contribution in [0.4, 0.5) is 0 Å². The molecule has 19 heavy (non-hydrogen) atoms. The first kappa shape index (κ1) is 14.3. The summed E-state index contributed by atoms with van der Waals surface area (Å²) in [6.45, 7) is 0. The van der Waals surface area contributed by atoms with Crippen LogP contribution in [0.1, 0.15) is 24.8 Å². The van der Waals surface area contributed by atoms with Gasteiger partial charge in [0.2, 0.25) is 0 Å². The molecule has 0 aromatic heterocycles. The van der Waals surface area contributed by atoms with Crippen molar-refractivity contribution in [2.75, 3.05) is 7.11 Å². The Kier molecular flexibility index (Phi) is 4.82. The summed E-state index contributed by atoms with van der Waals surface area (Å²) in [5.74, 6) is 0.0678.